The minimum Gasteiger partial charge on any atom is -0.328 e. The molecular weight excluding hydrogens is 363 g/mol. The molecule has 0 aromatic carbocycles. The Hall–Kier alpha value is -0.400. The molecule has 0 radical (unpaired) electrons. The van der Waals surface area contributed by atoms with Gasteiger partial charge < -0.3 is 9.47 Å². The molecule has 0 aliphatic carbocycles. The van der Waals surface area contributed by atoms with Crippen molar-refractivity contribution in [2.24, 2.45) is 0 Å². The first-order chi connectivity index (χ1) is 8.66. The topological polar surface area (TPSA) is 34.0 Å². The van der Waals surface area contributed by atoms with Crippen LogP contribution in [-0.2, 0) is 0 Å². The van der Waals surface area contributed by atoms with Gasteiger partial charge in [0.25, 0.3) is 0 Å². The van der Waals surface area contributed by atoms with Crippen molar-refractivity contribution < 1.29 is 0 Å². The molecule has 96 valence electrons. The standard InChI is InChI=1S/C12H14ClIN4/c1-17-4-2-8(3-5-17)18-6-9(14)10-11(13)15-7-16-12(10)18/h6-8H,2-5H2,1H3. The van der Waals surface area contributed by atoms with Crippen LogP contribution in [0.4, 0.5) is 0 Å². The minimum atomic E-state index is 0.526. The van der Waals surface area contributed by atoms with Gasteiger partial charge in [0.1, 0.15) is 17.1 Å². The molecule has 3 rings (SSSR count). The van der Waals surface area contributed by atoms with Crippen LogP contribution in [0.5, 0.6) is 0 Å². The lowest BCUT2D eigenvalue weighted by Gasteiger charge is -2.30. The maximum absolute atomic E-state index is 6.16. The maximum atomic E-state index is 6.16. The fourth-order valence-electron chi connectivity index (χ4n) is 2.56. The second kappa shape index (κ2) is 4.94. The number of hydrogen-bond acceptors (Lipinski definition) is 3. The summed E-state index contributed by atoms with van der Waals surface area (Å²) < 4.78 is 3.41. The van der Waals surface area contributed by atoms with Gasteiger partial charge in [-0.05, 0) is 55.6 Å². The van der Waals surface area contributed by atoms with E-state index in [1.165, 1.54) is 0 Å². The molecule has 1 aliphatic rings. The largest absolute Gasteiger partial charge is 0.328 e. The number of nitrogens with zero attached hydrogens (tertiary/aromatic N) is 4. The van der Waals surface area contributed by atoms with Crippen molar-refractivity contribution in [2.45, 2.75) is 18.9 Å². The summed E-state index contributed by atoms with van der Waals surface area (Å²) in [6.45, 7) is 2.28. The highest BCUT2D eigenvalue weighted by atomic mass is 127. The molecule has 0 unspecified atom stereocenters. The highest BCUT2D eigenvalue weighted by Gasteiger charge is 2.22. The zero-order valence-corrected chi connectivity index (χ0v) is 13.0. The van der Waals surface area contributed by atoms with Crippen molar-refractivity contribution in [1.29, 1.82) is 0 Å². The average molecular weight is 377 g/mol. The van der Waals surface area contributed by atoms with Crippen LogP contribution in [0, 0.1) is 3.57 Å². The minimum absolute atomic E-state index is 0.526. The third-order valence-corrected chi connectivity index (χ3v) is 4.70. The van der Waals surface area contributed by atoms with E-state index in [4.69, 9.17) is 11.6 Å². The van der Waals surface area contributed by atoms with Crippen LogP contribution >= 0.6 is 34.2 Å². The summed E-state index contributed by atoms with van der Waals surface area (Å²) in [6.07, 6.45) is 6.03. The molecule has 3 heterocycles. The highest BCUT2D eigenvalue weighted by Crippen LogP contribution is 2.32. The average Bonchev–Trinajstić information content (AvgIpc) is 2.69. The Labute approximate surface area is 124 Å². The Kier molecular flexibility index (Phi) is 3.46. The van der Waals surface area contributed by atoms with E-state index in [-0.39, 0.29) is 0 Å². The molecule has 2 aromatic rings. The van der Waals surface area contributed by atoms with Crippen molar-refractivity contribution >= 4 is 45.2 Å². The van der Waals surface area contributed by atoms with Crippen molar-refractivity contribution in [1.82, 2.24) is 19.4 Å². The van der Waals surface area contributed by atoms with Gasteiger partial charge in [0, 0.05) is 15.8 Å². The van der Waals surface area contributed by atoms with Crippen LogP contribution in [-0.4, -0.2) is 39.6 Å². The van der Waals surface area contributed by atoms with Crippen LogP contribution in [0.1, 0.15) is 18.9 Å². The lowest BCUT2D eigenvalue weighted by Crippen LogP contribution is -2.31. The highest BCUT2D eigenvalue weighted by molar-refractivity contribution is 14.1. The number of piperidine rings is 1. The zero-order chi connectivity index (χ0) is 12.7. The van der Waals surface area contributed by atoms with E-state index in [9.17, 15) is 0 Å². The van der Waals surface area contributed by atoms with Gasteiger partial charge in [0.15, 0.2) is 0 Å². The van der Waals surface area contributed by atoms with Gasteiger partial charge in [-0.25, -0.2) is 9.97 Å². The first kappa shape index (κ1) is 12.6. The molecule has 0 saturated carbocycles. The monoisotopic (exact) mass is 376 g/mol. The summed E-state index contributed by atoms with van der Waals surface area (Å²) in [4.78, 5) is 10.8. The summed E-state index contributed by atoms with van der Waals surface area (Å²) >= 11 is 8.47. The van der Waals surface area contributed by atoms with Crippen LogP contribution in [0.25, 0.3) is 11.0 Å². The maximum Gasteiger partial charge on any atom is 0.146 e. The van der Waals surface area contributed by atoms with Crippen molar-refractivity contribution in [3.8, 4) is 0 Å². The molecule has 2 aromatic heterocycles. The first-order valence-corrected chi connectivity index (χ1v) is 7.47. The Balaban J connectivity index is 2.05. The van der Waals surface area contributed by atoms with E-state index < -0.39 is 0 Å². The van der Waals surface area contributed by atoms with Crippen LogP contribution in [0.3, 0.4) is 0 Å². The molecular formula is C12H14ClIN4. The first-order valence-electron chi connectivity index (χ1n) is 6.02. The Morgan fingerprint density at radius 2 is 2.06 bits per heavy atom. The van der Waals surface area contributed by atoms with Crippen molar-refractivity contribution in [3.63, 3.8) is 0 Å². The number of aromatic nitrogens is 3. The summed E-state index contributed by atoms with van der Waals surface area (Å²) in [6, 6.07) is 0.526. The quantitative estimate of drug-likeness (QED) is 0.567. The number of rotatable bonds is 1. The fourth-order valence-corrected chi connectivity index (χ4v) is 3.74. The predicted octanol–water partition coefficient (Wildman–Crippen LogP) is 2.96. The molecule has 18 heavy (non-hydrogen) atoms. The Bertz CT molecular complexity index is 575. The Morgan fingerprint density at radius 3 is 2.78 bits per heavy atom. The van der Waals surface area contributed by atoms with E-state index >= 15 is 0 Å². The number of halogens is 2. The van der Waals surface area contributed by atoms with Gasteiger partial charge in [0.2, 0.25) is 0 Å². The van der Waals surface area contributed by atoms with E-state index in [1.807, 2.05) is 0 Å². The van der Waals surface area contributed by atoms with Gasteiger partial charge in [-0.1, -0.05) is 11.6 Å². The molecule has 0 N–H and O–H groups in total. The van der Waals surface area contributed by atoms with Crippen LogP contribution in [0.2, 0.25) is 5.15 Å². The molecule has 4 nitrogen and oxygen atoms in total. The number of hydrogen-bond donors (Lipinski definition) is 0. The van der Waals surface area contributed by atoms with E-state index in [0.29, 0.717) is 11.2 Å². The Morgan fingerprint density at radius 1 is 1.33 bits per heavy atom. The summed E-state index contributed by atoms with van der Waals surface area (Å²) in [5.74, 6) is 0. The summed E-state index contributed by atoms with van der Waals surface area (Å²) in [5, 5.41) is 1.54. The number of fused-ring (bicyclic) bond motifs is 1. The zero-order valence-electron chi connectivity index (χ0n) is 10.1. The predicted molar refractivity (Wildman–Crippen MR) is 81.0 cm³/mol. The summed E-state index contributed by atoms with van der Waals surface area (Å²) in [5.41, 5.74) is 0.967. The lowest BCUT2D eigenvalue weighted by molar-refractivity contribution is 0.223. The SMILES string of the molecule is CN1CCC(n2cc(I)c3c(Cl)ncnc32)CC1. The fraction of sp³-hybridized carbons (Fsp3) is 0.500. The lowest BCUT2D eigenvalue weighted by atomic mass is 10.1. The van der Waals surface area contributed by atoms with Crippen LogP contribution < -0.4 is 0 Å². The van der Waals surface area contributed by atoms with Crippen molar-refractivity contribution in [3.05, 3.63) is 21.2 Å². The third kappa shape index (κ3) is 2.12. The molecule has 0 bridgehead atoms. The van der Waals surface area contributed by atoms with Gasteiger partial charge in [-0.3, -0.25) is 0 Å². The molecule has 1 aliphatic heterocycles. The number of likely N-dealkylation sites (tertiary alicyclic amines) is 1. The third-order valence-electron chi connectivity index (χ3n) is 3.60. The molecule has 1 saturated heterocycles. The van der Waals surface area contributed by atoms with Gasteiger partial charge >= 0.3 is 0 Å². The van der Waals surface area contributed by atoms with E-state index in [1.54, 1.807) is 6.33 Å². The van der Waals surface area contributed by atoms with Gasteiger partial charge in [-0.15, -0.1) is 0 Å². The normalized spacial score (nSPS) is 18.6. The van der Waals surface area contributed by atoms with Crippen molar-refractivity contribution in [2.75, 3.05) is 20.1 Å². The van der Waals surface area contributed by atoms with Crippen LogP contribution in [0.15, 0.2) is 12.5 Å². The smallest absolute Gasteiger partial charge is 0.146 e. The second-order valence-electron chi connectivity index (χ2n) is 4.78. The molecule has 0 spiro atoms. The molecule has 6 heteroatoms. The van der Waals surface area contributed by atoms with Gasteiger partial charge in [-0.2, -0.15) is 0 Å². The van der Waals surface area contributed by atoms with Gasteiger partial charge in [0.05, 0.1) is 5.39 Å². The van der Waals surface area contributed by atoms with E-state index in [0.717, 1.165) is 40.5 Å². The van der Waals surface area contributed by atoms with E-state index in [2.05, 4.69) is 55.3 Å². The molecule has 0 amide bonds. The molecule has 0 atom stereocenters. The summed E-state index contributed by atoms with van der Waals surface area (Å²) in [7, 11) is 2.17. The second-order valence-corrected chi connectivity index (χ2v) is 6.30. The molecule has 1 fully saturated rings.